The summed E-state index contributed by atoms with van der Waals surface area (Å²) in [4.78, 5) is 0.120. The molecule has 2 aromatic rings. The molecule has 0 saturated carbocycles. The summed E-state index contributed by atoms with van der Waals surface area (Å²) in [5, 5.41) is 0.513. The van der Waals surface area contributed by atoms with Gasteiger partial charge in [-0.15, -0.1) is 0 Å². The Labute approximate surface area is 129 Å². The molecule has 0 spiro atoms. The predicted molar refractivity (Wildman–Crippen MR) is 81.6 cm³/mol. The summed E-state index contributed by atoms with van der Waals surface area (Å²) < 4.78 is 32.8. The van der Waals surface area contributed by atoms with Gasteiger partial charge in [-0.25, -0.2) is 13.1 Å². The van der Waals surface area contributed by atoms with Crippen LogP contribution in [0.3, 0.4) is 0 Å². The van der Waals surface area contributed by atoms with Crippen molar-refractivity contribution in [3.05, 3.63) is 51.9 Å². The molecule has 2 rings (SSSR count). The first-order valence-electron chi connectivity index (χ1n) is 6.39. The Morgan fingerprint density at radius 2 is 1.90 bits per heavy atom. The third-order valence-corrected chi connectivity index (χ3v) is 5.17. The van der Waals surface area contributed by atoms with Crippen molar-refractivity contribution in [2.45, 2.75) is 31.8 Å². The van der Waals surface area contributed by atoms with Crippen LogP contribution in [-0.4, -0.2) is 8.42 Å². The first-order chi connectivity index (χ1) is 9.86. The van der Waals surface area contributed by atoms with Gasteiger partial charge in [-0.1, -0.05) is 29.8 Å². The van der Waals surface area contributed by atoms with E-state index in [0.29, 0.717) is 27.7 Å². The highest BCUT2D eigenvalue weighted by atomic mass is 35.5. The molecule has 3 N–H and O–H groups in total. The van der Waals surface area contributed by atoms with Crippen LogP contribution in [0.25, 0.3) is 0 Å². The highest BCUT2D eigenvalue weighted by Crippen LogP contribution is 2.26. The molecule has 0 saturated heterocycles. The average Bonchev–Trinajstić information content (AvgIpc) is 2.72. The van der Waals surface area contributed by atoms with Crippen LogP contribution in [0.4, 0.5) is 0 Å². The quantitative estimate of drug-likeness (QED) is 0.883. The van der Waals surface area contributed by atoms with E-state index in [1.54, 1.807) is 38.1 Å². The number of furan rings is 1. The van der Waals surface area contributed by atoms with Gasteiger partial charge in [0.05, 0.1) is 0 Å². The normalized spacial score (nSPS) is 11.8. The van der Waals surface area contributed by atoms with Crippen molar-refractivity contribution in [3.8, 4) is 0 Å². The summed E-state index contributed by atoms with van der Waals surface area (Å²) in [6.45, 7) is 3.51. The maximum Gasteiger partial charge on any atom is 0.244 e. The zero-order chi connectivity index (χ0) is 15.6. The second kappa shape index (κ2) is 6.19. The molecular formula is C14H17ClN2O3S. The lowest BCUT2D eigenvalue weighted by molar-refractivity contribution is 0.494. The SMILES string of the molecule is Cc1oc(C)c(S(=O)(=O)NCc2ccccc2Cl)c1CN. The number of hydrogen-bond donors (Lipinski definition) is 2. The second-order valence-electron chi connectivity index (χ2n) is 4.64. The van der Waals surface area contributed by atoms with Crippen molar-refractivity contribution >= 4 is 21.6 Å². The van der Waals surface area contributed by atoms with E-state index in [4.69, 9.17) is 21.8 Å². The van der Waals surface area contributed by atoms with Crippen molar-refractivity contribution < 1.29 is 12.8 Å². The summed E-state index contributed by atoms with van der Waals surface area (Å²) >= 11 is 6.02. The summed E-state index contributed by atoms with van der Waals surface area (Å²) in [5.74, 6) is 0.854. The zero-order valence-corrected chi connectivity index (χ0v) is 13.4. The van der Waals surface area contributed by atoms with Crippen LogP contribution in [0.5, 0.6) is 0 Å². The molecule has 0 fully saturated rings. The van der Waals surface area contributed by atoms with Gasteiger partial charge in [0.25, 0.3) is 0 Å². The largest absolute Gasteiger partial charge is 0.465 e. The Morgan fingerprint density at radius 1 is 1.24 bits per heavy atom. The Morgan fingerprint density at radius 3 is 2.52 bits per heavy atom. The van der Waals surface area contributed by atoms with Crippen LogP contribution >= 0.6 is 11.6 Å². The molecule has 0 amide bonds. The van der Waals surface area contributed by atoms with Crippen molar-refractivity contribution in [1.29, 1.82) is 0 Å². The summed E-state index contributed by atoms with van der Waals surface area (Å²) in [7, 11) is -3.71. The van der Waals surface area contributed by atoms with E-state index in [9.17, 15) is 8.42 Å². The maximum atomic E-state index is 12.5. The fourth-order valence-corrected chi connectivity index (χ4v) is 3.85. The van der Waals surface area contributed by atoms with E-state index in [2.05, 4.69) is 4.72 Å². The average molecular weight is 329 g/mol. The van der Waals surface area contributed by atoms with Crippen molar-refractivity contribution in [2.24, 2.45) is 5.73 Å². The van der Waals surface area contributed by atoms with E-state index in [1.165, 1.54) is 0 Å². The van der Waals surface area contributed by atoms with Gasteiger partial charge in [-0.3, -0.25) is 0 Å². The van der Waals surface area contributed by atoms with E-state index in [-0.39, 0.29) is 18.0 Å². The van der Waals surface area contributed by atoms with Gasteiger partial charge >= 0.3 is 0 Å². The van der Waals surface area contributed by atoms with Crippen molar-refractivity contribution in [1.82, 2.24) is 4.72 Å². The molecule has 0 aliphatic heterocycles. The molecule has 1 heterocycles. The van der Waals surface area contributed by atoms with Crippen LogP contribution in [0.15, 0.2) is 33.6 Å². The van der Waals surface area contributed by atoms with Gasteiger partial charge < -0.3 is 10.2 Å². The van der Waals surface area contributed by atoms with Crippen LogP contribution < -0.4 is 10.5 Å². The molecule has 5 nitrogen and oxygen atoms in total. The molecule has 7 heteroatoms. The second-order valence-corrected chi connectivity index (χ2v) is 6.75. The van der Waals surface area contributed by atoms with Crippen molar-refractivity contribution in [2.75, 3.05) is 0 Å². The first kappa shape index (κ1) is 16.0. The smallest absolute Gasteiger partial charge is 0.244 e. The zero-order valence-electron chi connectivity index (χ0n) is 11.8. The number of halogens is 1. The maximum absolute atomic E-state index is 12.5. The van der Waals surface area contributed by atoms with Gasteiger partial charge in [0.2, 0.25) is 10.0 Å². The standard InChI is InChI=1S/C14H17ClN2O3S/c1-9-12(7-16)14(10(2)20-9)21(18,19)17-8-11-5-3-4-6-13(11)15/h3-6,17H,7-8,16H2,1-2H3. The third kappa shape index (κ3) is 3.29. The molecule has 1 aromatic heterocycles. The molecule has 0 radical (unpaired) electrons. The minimum Gasteiger partial charge on any atom is -0.465 e. The van der Waals surface area contributed by atoms with E-state index in [1.807, 2.05) is 0 Å². The summed E-state index contributed by atoms with van der Waals surface area (Å²) in [6.07, 6.45) is 0. The molecule has 0 unspecified atom stereocenters. The van der Waals surface area contributed by atoms with Crippen molar-refractivity contribution in [3.63, 3.8) is 0 Å². The molecule has 0 atom stereocenters. The first-order valence-corrected chi connectivity index (χ1v) is 8.25. The number of nitrogens with two attached hydrogens (primary N) is 1. The highest BCUT2D eigenvalue weighted by molar-refractivity contribution is 7.89. The van der Waals surface area contributed by atoms with Gasteiger partial charge in [-0.05, 0) is 25.5 Å². The number of benzene rings is 1. The molecule has 0 aliphatic carbocycles. The molecule has 114 valence electrons. The fraction of sp³-hybridized carbons (Fsp3) is 0.286. The number of nitrogens with one attached hydrogen (secondary N) is 1. The van der Waals surface area contributed by atoms with Crippen LogP contribution in [0.2, 0.25) is 5.02 Å². The van der Waals surface area contributed by atoms with Crippen LogP contribution in [-0.2, 0) is 23.1 Å². The fourth-order valence-electron chi connectivity index (χ4n) is 2.18. The van der Waals surface area contributed by atoms with E-state index in [0.717, 1.165) is 0 Å². The monoisotopic (exact) mass is 328 g/mol. The number of sulfonamides is 1. The number of hydrogen-bond acceptors (Lipinski definition) is 4. The van der Waals surface area contributed by atoms with Gasteiger partial charge in [0.15, 0.2) is 0 Å². The minimum atomic E-state index is -3.71. The lowest BCUT2D eigenvalue weighted by atomic mass is 10.2. The lowest BCUT2D eigenvalue weighted by Gasteiger charge is -2.09. The summed E-state index contributed by atoms with van der Waals surface area (Å²) in [5.41, 5.74) is 6.82. The van der Waals surface area contributed by atoms with Gasteiger partial charge in [-0.2, -0.15) is 0 Å². The topological polar surface area (TPSA) is 85.3 Å². The number of aryl methyl sites for hydroxylation is 2. The Balaban J connectivity index is 2.30. The Kier molecular flexibility index (Phi) is 4.73. The molecular weight excluding hydrogens is 312 g/mol. The van der Waals surface area contributed by atoms with E-state index >= 15 is 0 Å². The summed E-state index contributed by atoms with van der Waals surface area (Å²) in [6, 6.07) is 7.07. The third-order valence-electron chi connectivity index (χ3n) is 3.21. The van der Waals surface area contributed by atoms with Crippen LogP contribution in [0.1, 0.15) is 22.6 Å². The van der Waals surface area contributed by atoms with E-state index < -0.39 is 10.0 Å². The Bertz CT molecular complexity index is 754. The predicted octanol–water partition coefficient (Wildman–Crippen LogP) is 2.49. The minimum absolute atomic E-state index is 0.103. The van der Waals surface area contributed by atoms with Gasteiger partial charge in [0.1, 0.15) is 16.4 Å². The van der Waals surface area contributed by atoms with Gasteiger partial charge in [0, 0.05) is 23.7 Å². The highest BCUT2D eigenvalue weighted by Gasteiger charge is 2.26. The van der Waals surface area contributed by atoms with Crippen LogP contribution in [0, 0.1) is 13.8 Å². The molecule has 0 bridgehead atoms. The lowest BCUT2D eigenvalue weighted by Crippen LogP contribution is -2.25. The number of rotatable bonds is 5. The molecule has 0 aliphatic rings. The Hall–Kier alpha value is -1.34. The molecule has 1 aromatic carbocycles. The molecule has 21 heavy (non-hydrogen) atoms.